The predicted octanol–water partition coefficient (Wildman–Crippen LogP) is 4.72. The van der Waals surface area contributed by atoms with Crippen molar-refractivity contribution in [3.05, 3.63) is 59.8 Å². The second kappa shape index (κ2) is 8.48. The first-order chi connectivity index (χ1) is 13.6. The van der Waals surface area contributed by atoms with E-state index in [4.69, 9.17) is 4.74 Å². The molecule has 0 amide bonds. The summed E-state index contributed by atoms with van der Waals surface area (Å²) < 4.78 is 5.75. The molecule has 1 saturated heterocycles. The molecule has 28 heavy (non-hydrogen) atoms. The Hall–Kier alpha value is -2.14. The highest BCUT2D eigenvalue weighted by Gasteiger charge is 2.24. The van der Waals surface area contributed by atoms with E-state index in [2.05, 4.69) is 72.3 Å². The van der Waals surface area contributed by atoms with Crippen LogP contribution in [-0.2, 0) is 17.9 Å². The minimum Gasteiger partial charge on any atom is -0.395 e. The Kier molecular flexibility index (Phi) is 5.81. The number of aliphatic hydroxyl groups excluding tert-OH is 1. The number of aromatic nitrogens is 1. The van der Waals surface area contributed by atoms with E-state index in [0.29, 0.717) is 12.6 Å². The third kappa shape index (κ3) is 4.30. The van der Waals surface area contributed by atoms with Crippen molar-refractivity contribution < 1.29 is 9.84 Å². The minimum atomic E-state index is 0.235. The van der Waals surface area contributed by atoms with Gasteiger partial charge in [0, 0.05) is 29.2 Å². The van der Waals surface area contributed by atoms with Crippen molar-refractivity contribution in [1.29, 1.82) is 0 Å². The lowest BCUT2D eigenvalue weighted by atomic mass is 10.0. The number of nitrogens with one attached hydrogen (secondary N) is 1. The SMILES string of the molecule is CC(C)OCc1cccc(-c2ccc3[nH]c(CN4CCC[C@@H]4CO)cc3c2)c1. The molecule has 0 spiro atoms. The highest BCUT2D eigenvalue weighted by molar-refractivity contribution is 5.86. The number of nitrogens with zero attached hydrogens (tertiary/aromatic N) is 1. The van der Waals surface area contributed by atoms with Crippen molar-refractivity contribution in [2.75, 3.05) is 13.2 Å². The third-order valence-corrected chi connectivity index (χ3v) is 5.60. The minimum absolute atomic E-state index is 0.235. The zero-order valence-corrected chi connectivity index (χ0v) is 16.8. The Bertz CT molecular complexity index is 931. The second-order valence-corrected chi connectivity index (χ2v) is 8.11. The zero-order chi connectivity index (χ0) is 19.5. The van der Waals surface area contributed by atoms with Gasteiger partial charge >= 0.3 is 0 Å². The van der Waals surface area contributed by atoms with Crippen molar-refractivity contribution in [3.8, 4) is 11.1 Å². The molecule has 4 rings (SSSR count). The van der Waals surface area contributed by atoms with Crippen LogP contribution in [0.25, 0.3) is 22.0 Å². The van der Waals surface area contributed by atoms with E-state index < -0.39 is 0 Å². The van der Waals surface area contributed by atoms with Crippen molar-refractivity contribution in [1.82, 2.24) is 9.88 Å². The molecular formula is C24H30N2O2. The van der Waals surface area contributed by atoms with Gasteiger partial charge in [-0.2, -0.15) is 0 Å². The molecule has 2 heterocycles. The topological polar surface area (TPSA) is 48.5 Å². The van der Waals surface area contributed by atoms with Crippen LogP contribution < -0.4 is 0 Å². The molecular weight excluding hydrogens is 348 g/mol. The number of hydrogen-bond donors (Lipinski definition) is 2. The number of benzene rings is 2. The molecule has 1 aromatic heterocycles. The summed E-state index contributed by atoms with van der Waals surface area (Å²) in [4.78, 5) is 5.93. The summed E-state index contributed by atoms with van der Waals surface area (Å²) >= 11 is 0. The van der Waals surface area contributed by atoms with Crippen LogP contribution >= 0.6 is 0 Å². The highest BCUT2D eigenvalue weighted by Crippen LogP contribution is 2.27. The van der Waals surface area contributed by atoms with Gasteiger partial charge in [-0.25, -0.2) is 0 Å². The number of fused-ring (bicyclic) bond motifs is 1. The van der Waals surface area contributed by atoms with Crippen molar-refractivity contribution in [3.63, 3.8) is 0 Å². The molecule has 0 radical (unpaired) electrons. The smallest absolute Gasteiger partial charge is 0.0720 e. The number of aliphatic hydroxyl groups is 1. The van der Waals surface area contributed by atoms with Crippen LogP contribution in [-0.4, -0.2) is 40.3 Å². The molecule has 2 N–H and O–H groups in total. The molecule has 4 nitrogen and oxygen atoms in total. The van der Waals surface area contributed by atoms with Gasteiger partial charge in [-0.1, -0.05) is 24.3 Å². The maximum absolute atomic E-state index is 9.55. The van der Waals surface area contributed by atoms with E-state index in [-0.39, 0.29) is 12.7 Å². The Morgan fingerprint density at radius 2 is 2.00 bits per heavy atom. The van der Waals surface area contributed by atoms with Crippen LogP contribution in [0.5, 0.6) is 0 Å². The summed E-state index contributed by atoms with van der Waals surface area (Å²) in [7, 11) is 0. The van der Waals surface area contributed by atoms with Gasteiger partial charge in [0.25, 0.3) is 0 Å². The average molecular weight is 379 g/mol. The summed E-state index contributed by atoms with van der Waals surface area (Å²) in [5.74, 6) is 0. The fourth-order valence-corrected chi connectivity index (χ4v) is 4.09. The third-order valence-electron chi connectivity index (χ3n) is 5.60. The quantitative estimate of drug-likeness (QED) is 0.626. The Labute approximate surface area is 167 Å². The van der Waals surface area contributed by atoms with Gasteiger partial charge in [0.1, 0.15) is 0 Å². The molecule has 0 saturated carbocycles. The molecule has 2 aromatic carbocycles. The lowest BCUT2D eigenvalue weighted by molar-refractivity contribution is 0.0657. The summed E-state index contributed by atoms with van der Waals surface area (Å²) in [6.07, 6.45) is 2.50. The molecule has 0 aliphatic carbocycles. The average Bonchev–Trinajstić information content (AvgIpc) is 3.32. The molecule has 0 bridgehead atoms. The van der Waals surface area contributed by atoms with E-state index in [0.717, 1.165) is 25.0 Å². The van der Waals surface area contributed by atoms with Crippen molar-refractivity contribution in [2.24, 2.45) is 0 Å². The molecule has 1 aliphatic heterocycles. The summed E-state index contributed by atoms with van der Waals surface area (Å²) in [6.45, 7) is 6.96. The fourth-order valence-electron chi connectivity index (χ4n) is 4.09. The van der Waals surface area contributed by atoms with Crippen LogP contribution in [0.2, 0.25) is 0 Å². The normalized spacial score (nSPS) is 17.8. The van der Waals surface area contributed by atoms with Gasteiger partial charge in [-0.3, -0.25) is 4.90 Å². The number of ether oxygens (including phenoxy) is 1. The molecule has 1 atom stereocenters. The molecule has 1 aliphatic rings. The Morgan fingerprint density at radius 3 is 2.82 bits per heavy atom. The summed E-state index contributed by atoms with van der Waals surface area (Å²) in [5.41, 5.74) is 6.02. The number of rotatable bonds is 7. The first kappa shape index (κ1) is 19.2. The van der Waals surface area contributed by atoms with Crippen LogP contribution in [0.3, 0.4) is 0 Å². The fraction of sp³-hybridized carbons (Fsp3) is 0.417. The van der Waals surface area contributed by atoms with E-state index in [9.17, 15) is 5.11 Å². The summed E-state index contributed by atoms with van der Waals surface area (Å²) in [5, 5.41) is 10.8. The highest BCUT2D eigenvalue weighted by atomic mass is 16.5. The predicted molar refractivity (Wildman–Crippen MR) is 114 cm³/mol. The van der Waals surface area contributed by atoms with E-state index >= 15 is 0 Å². The lowest BCUT2D eigenvalue weighted by Gasteiger charge is -2.21. The molecule has 3 aromatic rings. The first-order valence-electron chi connectivity index (χ1n) is 10.3. The van der Waals surface area contributed by atoms with Gasteiger partial charge in [0.05, 0.1) is 19.3 Å². The maximum Gasteiger partial charge on any atom is 0.0720 e. The van der Waals surface area contributed by atoms with Gasteiger partial charge in [-0.05, 0) is 74.2 Å². The maximum atomic E-state index is 9.55. The number of likely N-dealkylation sites (tertiary alicyclic amines) is 1. The standard InChI is InChI=1S/C24H30N2O2/c1-17(2)28-16-18-5-3-6-19(11-18)20-8-9-24-21(12-20)13-22(25-24)14-26-10-4-7-23(26)15-27/h3,5-6,8-9,11-13,17,23,25,27H,4,7,10,14-16H2,1-2H3/t23-/m1/s1. The Balaban J connectivity index is 1.54. The van der Waals surface area contributed by atoms with Crippen molar-refractivity contribution >= 4 is 10.9 Å². The van der Waals surface area contributed by atoms with Gasteiger partial charge in [0.15, 0.2) is 0 Å². The molecule has 148 valence electrons. The number of aromatic amines is 1. The van der Waals surface area contributed by atoms with Crippen LogP contribution in [0.15, 0.2) is 48.5 Å². The van der Waals surface area contributed by atoms with Gasteiger partial charge < -0.3 is 14.8 Å². The van der Waals surface area contributed by atoms with Crippen LogP contribution in [0.1, 0.15) is 37.9 Å². The van der Waals surface area contributed by atoms with E-state index in [1.165, 1.54) is 34.2 Å². The molecule has 0 unspecified atom stereocenters. The largest absolute Gasteiger partial charge is 0.395 e. The second-order valence-electron chi connectivity index (χ2n) is 8.11. The number of hydrogen-bond acceptors (Lipinski definition) is 3. The Morgan fingerprint density at radius 1 is 1.14 bits per heavy atom. The molecule has 4 heteroatoms. The van der Waals surface area contributed by atoms with Crippen LogP contribution in [0.4, 0.5) is 0 Å². The van der Waals surface area contributed by atoms with E-state index in [1.807, 2.05) is 0 Å². The summed E-state index contributed by atoms with van der Waals surface area (Å²) in [6, 6.07) is 17.7. The van der Waals surface area contributed by atoms with Crippen LogP contribution in [0, 0.1) is 0 Å². The monoisotopic (exact) mass is 378 g/mol. The first-order valence-corrected chi connectivity index (χ1v) is 10.3. The zero-order valence-electron chi connectivity index (χ0n) is 16.8. The molecule has 1 fully saturated rings. The lowest BCUT2D eigenvalue weighted by Crippen LogP contribution is -2.31. The van der Waals surface area contributed by atoms with E-state index in [1.54, 1.807) is 0 Å². The number of H-pyrrole nitrogens is 1. The van der Waals surface area contributed by atoms with Gasteiger partial charge in [-0.15, -0.1) is 0 Å². The van der Waals surface area contributed by atoms with Crippen molar-refractivity contribution in [2.45, 2.75) is 52.0 Å². The van der Waals surface area contributed by atoms with Gasteiger partial charge in [0.2, 0.25) is 0 Å².